The molecule has 1 aromatic heterocycles. The van der Waals surface area contributed by atoms with Crippen molar-refractivity contribution in [3.8, 4) is 11.4 Å². The zero-order valence-corrected chi connectivity index (χ0v) is 10.8. The molecule has 2 aromatic rings. The predicted molar refractivity (Wildman–Crippen MR) is 67.6 cm³/mol. The van der Waals surface area contributed by atoms with Crippen molar-refractivity contribution >= 4 is 0 Å². The van der Waals surface area contributed by atoms with Crippen molar-refractivity contribution in [3.05, 3.63) is 35.7 Å². The summed E-state index contributed by atoms with van der Waals surface area (Å²) in [5.41, 5.74) is 2.64. The molecule has 0 saturated carbocycles. The number of rotatable bonds is 2. The molecule has 0 saturated heterocycles. The van der Waals surface area contributed by atoms with Gasteiger partial charge in [-0.05, 0) is 17.4 Å². The molecule has 0 bridgehead atoms. The van der Waals surface area contributed by atoms with E-state index in [4.69, 9.17) is 4.52 Å². The lowest BCUT2D eigenvalue weighted by molar-refractivity contribution is 0.394. The fraction of sp³-hybridized carbons (Fsp3) is 0.429. The standard InChI is InChI=1S/C14H18N2O/c1-10-15-13(16-17-10)12-7-5-11(6-8-12)9-14(2,3)4/h5-8H,9H2,1-4H3. The van der Waals surface area contributed by atoms with Gasteiger partial charge in [-0.2, -0.15) is 4.98 Å². The van der Waals surface area contributed by atoms with Crippen molar-refractivity contribution in [1.29, 1.82) is 0 Å². The molecule has 0 aliphatic rings. The monoisotopic (exact) mass is 230 g/mol. The van der Waals surface area contributed by atoms with Crippen LogP contribution in [0, 0.1) is 12.3 Å². The third-order valence-corrected chi connectivity index (χ3v) is 2.47. The second kappa shape index (κ2) is 4.32. The number of benzene rings is 1. The molecule has 0 amide bonds. The first kappa shape index (κ1) is 11.8. The van der Waals surface area contributed by atoms with E-state index in [2.05, 4.69) is 43.0 Å². The van der Waals surface area contributed by atoms with Crippen LogP contribution in [0.15, 0.2) is 28.8 Å². The Balaban J connectivity index is 2.19. The number of nitrogens with zero attached hydrogens (tertiary/aromatic N) is 2. The summed E-state index contributed by atoms with van der Waals surface area (Å²) < 4.78 is 4.97. The molecular formula is C14H18N2O. The molecule has 0 aliphatic carbocycles. The van der Waals surface area contributed by atoms with E-state index in [1.165, 1.54) is 5.56 Å². The van der Waals surface area contributed by atoms with Gasteiger partial charge in [0.25, 0.3) is 0 Å². The van der Waals surface area contributed by atoms with Crippen LogP contribution in [0.25, 0.3) is 11.4 Å². The quantitative estimate of drug-likeness (QED) is 0.790. The highest BCUT2D eigenvalue weighted by Crippen LogP contribution is 2.22. The van der Waals surface area contributed by atoms with E-state index in [9.17, 15) is 0 Å². The van der Waals surface area contributed by atoms with E-state index < -0.39 is 0 Å². The summed E-state index contributed by atoms with van der Waals surface area (Å²) in [6.45, 7) is 8.51. The molecule has 3 heteroatoms. The molecule has 0 radical (unpaired) electrons. The van der Waals surface area contributed by atoms with E-state index in [-0.39, 0.29) is 0 Å². The fourth-order valence-electron chi connectivity index (χ4n) is 1.80. The van der Waals surface area contributed by atoms with Crippen molar-refractivity contribution in [2.24, 2.45) is 5.41 Å². The van der Waals surface area contributed by atoms with Crippen molar-refractivity contribution in [2.45, 2.75) is 34.1 Å². The summed E-state index contributed by atoms with van der Waals surface area (Å²) in [7, 11) is 0. The highest BCUT2D eigenvalue weighted by Gasteiger charge is 2.11. The Morgan fingerprint density at radius 1 is 1.12 bits per heavy atom. The van der Waals surface area contributed by atoms with E-state index in [1.807, 2.05) is 12.1 Å². The molecule has 17 heavy (non-hydrogen) atoms. The first-order chi connectivity index (χ1) is 7.94. The Morgan fingerprint density at radius 3 is 2.24 bits per heavy atom. The Kier molecular flexibility index (Phi) is 3.01. The molecule has 90 valence electrons. The van der Waals surface area contributed by atoms with Crippen LogP contribution < -0.4 is 0 Å². The summed E-state index contributed by atoms with van der Waals surface area (Å²) in [6.07, 6.45) is 1.07. The van der Waals surface area contributed by atoms with Crippen LogP contribution in [0.5, 0.6) is 0 Å². The van der Waals surface area contributed by atoms with Gasteiger partial charge >= 0.3 is 0 Å². The molecule has 0 spiro atoms. The van der Waals surface area contributed by atoms with Crippen LogP contribution in [-0.4, -0.2) is 10.1 Å². The minimum atomic E-state index is 0.310. The maximum Gasteiger partial charge on any atom is 0.223 e. The van der Waals surface area contributed by atoms with Gasteiger partial charge in [0.15, 0.2) is 0 Å². The number of hydrogen-bond donors (Lipinski definition) is 0. The molecule has 0 fully saturated rings. The molecule has 0 N–H and O–H groups in total. The van der Waals surface area contributed by atoms with Crippen LogP contribution in [-0.2, 0) is 6.42 Å². The molecule has 0 aliphatic heterocycles. The molecule has 2 rings (SSSR count). The van der Waals surface area contributed by atoms with Gasteiger partial charge in [-0.25, -0.2) is 0 Å². The molecule has 1 heterocycles. The summed E-state index contributed by atoms with van der Waals surface area (Å²) in [5.74, 6) is 1.25. The van der Waals surface area contributed by atoms with E-state index in [1.54, 1.807) is 6.92 Å². The minimum absolute atomic E-state index is 0.310. The lowest BCUT2D eigenvalue weighted by Crippen LogP contribution is -2.08. The fourth-order valence-corrected chi connectivity index (χ4v) is 1.80. The van der Waals surface area contributed by atoms with Gasteiger partial charge in [0.05, 0.1) is 0 Å². The van der Waals surface area contributed by atoms with Crippen LogP contribution in [0.2, 0.25) is 0 Å². The van der Waals surface area contributed by atoms with Crippen molar-refractivity contribution < 1.29 is 4.52 Å². The number of hydrogen-bond acceptors (Lipinski definition) is 3. The second-order valence-corrected chi connectivity index (χ2v) is 5.57. The van der Waals surface area contributed by atoms with Crippen LogP contribution in [0.1, 0.15) is 32.2 Å². The number of aromatic nitrogens is 2. The maximum atomic E-state index is 4.97. The Hall–Kier alpha value is -1.64. The van der Waals surface area contributed by atoms with Gasteiger partial charge < -0.3 is 4.52 Å². The van der Waals surface area contributed by atoms with Gasteiger partial charge in [-0.3, -0.25) is 0 Å². The second-order valence-electron chi connectivity index (χ2n) is 5.57. The summed E-state index contributed by atoms with van der Waals surface area (Å²) in [6, 6.07) is 8.36. The van der Waals surface area contributed by atoms with Gasteiger partial charge in [-0.15, -0.1) is 0 Å². The van der Waals surface area contributed by atoms with Gasteiger partial charge in [0.2, 0.25) is 11.7 Å². The largest absolute Gasteiger partial charge is 0.339 e. The molecular weight excluding hydrogens is 212 g/mol. The van der Waals surface area contributed by atoms with Crippen LogP contribution in [0.3, 0.4) is 0 Å². The molecule has 1 aromatic carbocycles. The smallest absolute Gasteiger partial charge is 0.223 e. The Morgan fingerprint density at radius 2 is 1.76 bits per heavy atom. The van der Waals surface area contributed by atoms with E-state index in [0.29, 0.717) is 17.1 Å². The van der Waals surface area contributed by atoms with E-state index >= 15 is 0 Å². The molecule has 0 unspecified atom stereocenters. The average Bonchev–Trinajstić information content (AvgIpc) is 2.63. The SMILES string of the molecule is Cc1nc(-c2ccc(CC(C)(C)C)cc2)no1. The normalized spacial score (nSPS) is 11.8. The maximum absolute atomic E-state index is 4.97. The third-order valence-electron chi connectivity index (χ3n) is 2.47. The zero-order chi connectivity index (χ0) is 12.5. The first-order valence-electron chi connectivity index (χ1n) is 5.84. The third kappa shape index (κ3) is 3.16. The van der Waals surface area contributed by atoms with Gasteiger partial charge in [0, 0.05) is 12.5 Å². The van der Waals surface area contributed by atoms with Crippen molar-refractivity contribution in [3.63, 3.8) is 0 Å². The van der Waals surface area contributed by atoms with Gasteiger partial charge in [0.1, 0.15) is 0 Å². The highest BCUT2D eigenvalue weighted by molar-refractivity contribution is 5.54. The van der Waals surface area contributed by atoms with Crippen LogP contribution in [0.4, 0.5) is 0 Å². The van der Waals surface area contributed by atoms with Crippen LogP contribution >= 0.6 is 0 Å². The summed E-state index contributed by atoms with van der Waals surface area (Å²) >= 11 is 0. The Bertz CT molecular complexity index is 492. The molecule has 0 atom stereocenters. The molecule has 3 nitrogen and oxygen atoms in total. The lowest BCUT2D eigenvalue weighted by atomic mass is 9.88. The van der Waals surface area contributed by atoms with E-state index in [0.717, 1.165) is 12.0 Å². The lowest BCUT2D eigenvalue weighted by Gasteiger charge is -2.17. The van der Waals surface area contributed by atoms with Gasteiger partial charge in [-0.1, -0.05) is 50.2 Å². The number of aryl methyl sites for hydroxylation is 1. The average molecular weight is 230 g/mol. The topological polar surface area (TPSA) is 38.9 Å². The Labute approximate surface area is 102 Å². The minimum Gasteiger partial charge on any atom is -0.339 e. The van der Waals surface area contributed by atoms with Crippen molar-refractivity contribution in [2.75, 3.05) is 0 Å². The first-order valence-corrected chi connectivity index (χ1v) is 5.84. The summed E-state index contributed by atoms with van der Waals surface area (Å²) in [5, 5.41) is 3.90. The highest BCUT2D eigenvalue weighted by atomic mass is 16.5. The zero-order valence-electron chi connectivity index (χ0n) is 10.8. The summed E-state index contributed by atoms with van der Waals surface area (Å²) in [4.78, 5) is 4.21. The van der Waals surface area contributed by atoms with Crippen molar-refractivity contribution in [1.82, 2.24) is 10.1 Å². The predicted octanol–water partition coefficient (Wildman–Crippen LogP) is 3.63.